The van der Waals surface area contributed by atoms with Gasteiger partial charge in [-0.15, -0.1) is 0 Å². The molecule has 2 aromatic rings. The highest BCUT2D eigenvalue weighted by Crippen LogP contribution is 2.30. The van der Waals surface area contributed by atoms with E-state index in [-0.39, 0.29) is 29.7 Å². The second-order valence-corrected chi connectivity index (χ2v) is 8.00. The highest BCUT2D eigenvalue weighted by atomic mass is 16.5. The third kappa shape index (κ3) is 6.34. The van der Waals surface area contributed by atoms with Crippen molar-refractivity contribution in [1.82, 2.24) is 5.32 Å². The van der Waals surface area contributed by atoms with Crippen LogP contribution in [0.4, 0.5) is 5.69 Å². The number of anilines is 1. The Hall–Kier alpha value is -2.82. The van der Waals surface area contributed by atoms with Gasteiger partial charge < -0.3 is 15.4 Å². The third-order valence-corrected chi connectivity index (χ3v) is 5.27. The predicted molar refractivity (Wildman–Crippen MR) is 115 cm³/mol. The summed E-state index contributed by atoms with van der Waals surface area (Å²) in [6, 6.07) is 17.6. The number of hydrogen-bond donors (Lipinski definition) is 2. The van der Waals surface area contributed by atoms with E-state index in [1.54, 1.807) is 0 Å². The van der Waals surface area contributed by atoms with Crippen LogP contribution in [0.25, 0.3) is 0 Å². The molecule has 5 nitrogen and oxygen atoms in total. The number of amides is 2. The van der Waals surface area contributed by atoms with Gasteiger partial charge in [-0.05, 0) is 69.4 Å². The first-order chi connectivity index (χ1) is 14.0. The monoisotopic (exact) mass is 394 g/mol. The lowest BCUT2D eigenvalue weighted by atomic mass is 9.81. The minimum atomic E-state index is -0.0351. The Labute approximate surface area is 172 Å². The van der Waals surface area contributed by atoms with E-state index in [9.17, 15) is 9.59 Å². The highest BCUT2D eigenvalue weighted by Gasteiger charge is 2.30. The highest BCUT2D eigenvalue weighted by molar-refractivity contribution is 5.92. The van der Waals surface area contributed by atoms with Crippen molar-refractivity contribution in [3.05, 3.63) is 60.2 Å². The smallest absolute Gasteiger partial charge is 0.227 e. The maximum atomic E-state index is 12.6. The van der Waals surface area contributed by atoms with Crippen LogP contribution < -0.4 is 15.4 Å². The molecule has 0 saturated heterocycles. The standard InChI is InChI=1S/C24H30N2O3/c1-17(2)25-23(27)19-8-10-20(11-9-19)24(28)26-21-12-14-22(15-13-21)29-16-18-6-4-3-5-7-18/h3-7,12-15,17,19-20H,8-11,16H2,1-2H3,(H,25,27)(H,26,28). The molecule has 1 fully saturated rings. The van der Waals surface area contributed by atoms with Gasteiger partial charge in [0.1, 0.15) is 12.4 Å². The van der Waals surface area contributed by atoms with Gasteiger partial charge in [0, 0.05) is 23.6 Å². The Morgan fingerprint density at radius 3 is 2.07 bits per heavy atom. The van der Waals surface area contributed by atoms with Crippen LogP contribution in [0.2, 0.25) is 0 Å². The first kappa shape index (κ1) is 20.9. The SMILES string of the molecule is CC(C)NC(=O)C1CCC(C(=O)Nc2ccc(OCc3ccccc3)cc2)CC1. The van der Waals surface area contributed by atoms with E-state index in [1.165, 1.54) is 0 Å². The zero-order chi connectivity index (χ0) is 20.6. The molecule has 5 heteroatoms. The summed E-state index contributed by atoms with van der Waals surface area (Å²) in [7, 11) is 0. The van der Waals surface area contributed by atoms with Crippen LogP contribution in [-0.2, 0) is 16.2 Å². The number of rotatable bonds is 7. The predicted octanol–water partition coefficient (Wildman–Crippen LogP) is 4.54. The van der Waals surface area contributed by atoms with Gasteiger partial charge in [0.2, 0.25) is 11.8 Å². The van der Waals surface area contributed by atoms with Crippen LogP contribution in [0.3, 0.4) is 0 Å². The van der Waals surface area contributed by atoms with Crippen molar-refractivity contribution < 1.29 is 14.3 Å². The van der Waals surface area contributed by atoms with Crippen molar-refractivity contribution in [2.24, 2.45) is 11.8 Å². The summed E-state index contributed by atoms with van der Waals surface area (Å²) in [5, 5.41) is 5.96. The number of benzene rings is 2. The van der Waals surface area contributed by atoms with Crippen LogP contribution in [0.5, 0.6) is 5.75 Å². The van der Waals surface area contributed by atoms with Crippen LogP contribution in [0.15, 0.2) is 54.6 Å². The largest absolute Gasteiger partial charge is 0.489 e. The number of carbonyl (C=O) groups is 2. The maximum absolute atomic E-state index is 12.6. The van der Waals surface area contributed by atoms with E-state index < -0.39 is 0 Å². The Morgan fingerprint density at radius 2 is 1.48 bits per heavy atom. The van der Waals surface area contributed by atoms with E-state index in [2.05, 4.69) is 10.6 Å². The lowest BCUT2D eigenvalue weighted by Gasteiger charge is -2.27. The Kier molecular flexibility index (Phi) is 7.28. The molecule has 1 saturated carbocycles. The van der Waals surface area contributed by atoms with E-state index >= 15 is 0 Å². The molecule has 3 rings (SSSR count). The first-order valence-corrected chi connectivity index (χ1v) is 10.4. The second kappa shape index (κ2) is 10.1. The Morgan fingerprint density at radius 1 is 0.897 bits per heavy atom. The molecular weight excluding hydrogens is 364 g/mol. The van der Waals surface area contributed by atoms with E-state index in [0.717, 1.165) is 42.7 Å². The fourth-order valence-corrected chi connectivity index (χ4v) is 3.64. The van der Waals surface area contributed by atoms with Gasteiger partial charge >= 0.3 is 0 Å². The zero-order valence-corrected chi connectivity index (χ0v) is 17.2. The number of carbonyl (C=O) groups excluding carboxylic acids is 2. The average Bonchev–Trinajstić information content (AvgIpc) is 2.73. The van der Waals surface area contributed by atoms with Crippen molar-refractivity contribution in [3.8, 4) is 5.75 Å². The van der Waals surface area contributed by atoms with Crippen LogP contribution in [0, 0.1) is 11.8 Å². The molecule has 0 aromatic heterocycles. The molecule has 0 spiro atoms. The van der Waals surface area contributed by atoms with Crippen molar-refractivity contribution in [2.45, 2.75) is 52.2 Å². The van der Waals surface area contributed by atoms with Gasteiger partial charge in [-0.25, -0.2) is 0 Å². The van der Waals surface area contributed by atoms with Gasteiger partial charge in [-0.1, -0.05) is 30.3 Å². The first-order valence-electron chi connectivity index (χ1n) is 10.4. The average molecular weight is 395 g/mol. The second-order valence-electron chi connectivity index (χ2n) is 8.00. The van der Waals surface area contributed by atoms with Gasteiger partial charge in [0.25, 0.3) is 0 Å². The fraction of sp³-hybridized carbons (Fsp3) is 0.417. The van der Waals surface area contributed by atoms with Gasteiger partial charge in [-0.2, -0.15) is 0 Å². The van der Waals surface area contributed by atoms with E-state index in [4.69, 9.17) is 4.74 Å². The lowest BCUT2D eigenvalue weighted by Crippen LogP contribution is -2.38. The zero-order valence-electron chi connectivity index (χ0n) is 17.2. The molecule has 0 bridgehead atoms. The van der Waals surface area contributed by atoms with E-state index in [1.807, 2.05) is 68.4 Å². The Bertz CT molecular complexity index is 795. The summed E-state index contributed by atoms with van der Waals surface area (Å²) >= 11 is 0. The maximum Gasteiger partial charge on any atom is 0.227 e. The van der Waals surface area contributed by atoms with Crippen LogP contribution in [0.1, 0.15) is 45.1 Å². The lowest BCUT2D eigenvalue weighted by molar-refractivity contribution is -0.128. The quantitative estimate of drug-likeness (QED) is 0.725. The molecule has 154 valence electrons. The molecule has 0 radical (unpaired) electrons. The summed E-state index contributed by atoms with van der Waals surface area (Å²) in [6.07, 6.45) is 3.03. The van der Waals surface area contributed by atoms with E-state index in [0.29, 0.717) is 6.61 Å². The molecule has 0 atom stereocenters. The van der Waals surface area contributed by atoms with Gasteiger partial charge in [-0.3, -0.25) is 9.59 Å². The number of ether oxygens (including phenoxy) is 1. The molecule has 2 aromatic carbocycles. The molecule has 29 heavy (non-hydrogen) atoms. The van der Waals surface area contributed by atoms with Gasteiger partial charge in [0.15, 0.2) is 0 Å². The summed E-state index contributed by atoms with van der Waals surface area (Å²) in [5.41, 5.74) is 1.88. The van der Waals surface area contributed by atoms with Crippen LogP contribution in [-0.4, -0.2) is 17.9 Å². The van der Waals surface area contributed by atoms with Crippen LogP contribution >= 0.6 is 0 Å². The number of hydrogen-bond acceptors (Lipinski definition) is 3. The van der Waals surface area contributed by atoms with Crippen molar-refractivity contribution >= 4 is 17.5 Å². The molecule has 0 heterocycles. The molecular formula is C24H30N2O3. The molecule has 2 amide bonds. The number of nitrogens with one attached hydrogen (secondary N) is 2. The Balaban J connectivity index is 1.44. The molecule has 0 unspecified atom stereocenters. The van der Waals surface area contributed by atoms with Gasteiger partial charge in [0.05, 0.1) is 0 Å². The van der Waals surface area contributed by atoms with Crippen molar-refractivity contribution in [1.29, 1.82) is 0 Å². The molecule has 2 N–H and O–H groups in total. The summed E-state index contributed by atoms with van der Waals surface area (Å²) in [5.74, 6) is 0.911. The summed E-state index contributed by atoms with van der Waals surface area (Å²) < 4.78 is 5.78. The molecule has 0 aliphatic heterocycles. The van der Waals surface area contributed by atoms with Crippen molar-refractivity contribution in [3.63, 3.8) is 0 Å². The normalized spacial score (nSPS) is 18.9. The third-order valence-electron chi connectivity index (χ3n) is 5.27. The summed E-state index contributed by atoms with van der Waals surface area (Å²) in [4.78, 5) is 24.7. The fourth-order valence-electron chi connectivity index (χ4n) is 3.64. The molecule has 1 aliphatic rings. The minimum Gasteiger partial charge on any atom is -0.489 e. The molecule has 1 aliphatic carbocycles. The topological polar surface area (TPSA) is 67.4 Å². The minimum absolute atomic E-state index is 0.0301. The van der Waals surface area contributed by atoms with Crippen molar-refractivity contribution in [2.75, 3.05) is 5.32 Å². The summed E-state index contributed by atoms with van der Waals surface area (Å²) in [6.45, 7) is 4.45.